The van der Waals surface area contributed by atoms with Crippen LogP contribution in [0.15, 0.2) is 11.6 Å². The van der Waals surface area contributed by atoms with Gasteiger partial charge in [-0.05, 0) is 31.9 Å². The number of nitrogens with one attached hydrogen (secondary N) is 2. The van der Waals surface area contributed by atoms with Crippen molar-refractivity contribution in [2.24, 2.45) is 0 Å². The molecule has 1 atom stereocenters. The fraction of sp³-hybridized carbons (Fsp3) is 0.733. The third kappa shape index (κ3) is 13.0. The smallest absolute Gasteiger partial charge is 0.330 e. The zero-order valence-electron chi connectivity index (χ0n) is 13.2. The van der Waals surface area contributed by atoms with Gasteiger partial charge in [-0.3, -0.25) is 4.79 Å². The predicted molar refractivity (Wildman–Crippen MR) is 97.0 cm³/mol. The largest absolute Gasteiger partial charge is 0.478 e. The van der Waals surface area contributed by atoms with Crippen LogP contribution in [0.5, 0.6) is 0 Å². The van der Waals surface area contributed by atoms with Crippen molar-refractivity contribution in [1.29, 1.82) is 0 Å². The number of carboxylic acid groups (broad SMARTS) is 1. The van der Waals surface area contributed by atoms with Crippen molar-refractivity contribution in [3.63, 3.8) is 0 Å². The summed E-state index contributed by atoms with van der Waals surface area (Å²) in [6.45, 7) is 3.21. The molecule has 0 radical (unpaired) electrons. The molecular formula is C15H28N2O3S2. The summed E-state index contributed by atoms with van der Waals surface area (Å²) in [6.07, 6.45) is 6.06. The van der Waals surface area contributed by atoms with E-state index in [-0.39, 0.29) is 5.91 Å². The lowest BCUT2D eigenvalue weighted by molar-refractivity contribution is -0.132. The molecule has 3 N–H and O–H groups in total. The van der Waals surface area contributed by atoms with Crippen LogP contribution in [0.1, 0.15) is 39.0 Å². The van der Waals surface area contributed by atoms with E-state index in [9.17, 15) is 9.59 Å². The highest BCUT2D eigenvalue weighted by Crippen LogP contribution is 2.12. The Hall–Kier alpha value is -0.660. The van der Waals surface area contributed by atoms with Gasteiger partial charge in [0.1, 0.15) is 0 Å². The Bertz CT molecular complexity index is 363. The minimum absolute atomic E-state index is 0.0592. The average molecular weight is 349 g/mol. The van der Waals surface area contributed by atoms with E-state index in [1.54, 1.807) is 13.0 Å². The minimum Gasteiger partial charge on any atom is -0.478 e. The Morgan fingerprint density at radius 1 is 1.23 bits per heavy atom. The highest BCUT2D eigenvalue weighted by Gasteiger charge is 2.04. The maximum Gasteiger partial charge on any atom is 0.330 e. The summed E-state index contributed by atoms with van der Waals surface area (Å²) < 4.78 is 0. The molecular weight excluding hydrogens is 320 g/mol. The van der Waals surface area contributed by atoms with Crippen LogP contribution < -0.4 is 10.6 Å². The van der Waals surface area contributed by atoms with Crippen molar-refractivity contribution in [2.75, 3.05) is 25.4 Å². The van der Waals surface area contributed by atoms with E-state index in [1.807, 2.05) is 0 Å². The summed E-state index contributed by atoms with van der Waals surface area (Å²) in [6, 6.07) is 0. The van der Waals surface area contributed by atoms with E-state index < -0.39 is 5.97 Å². The number of aliphatic carboxylic acids is 1. The first-order valence-corrected chi connectivity index (χ1v) is 8.78. The lowest BCUT2D eigenvalue weighted by atomic mass is 10.1. The number of rotatable bonds is 13. The number of hydrogen-bond acceptors (Lipinski definition) is 5. The van der Waals surface area contributed by atoms with Crippen molar-refractivity contribution in [2.45, 2.75) is 44.3 Å². The molecule has 0 aromatic carbocycles. The number of hydrogen-bond donors (Lipinski definition) is 5. The van der Waals surface area contributed by atoms with Crippen LogP contribution in [0.3, 0.4) is 0 Å². The van der Waals surface area contributed by atoms with Crippen molar-refractivity contribution in [3.8, 4) is 0 Å². The second-order valence-electron chi connectivity index (χ2n) is 5.16. The molecule has 1 unspecified atom stereocenters. The molecule has 22 heavy (non-hydrogen) atoms. The molecule has 0 fully saturated rings. The summed E-state index contributed by atoms with van der Waals surface area (Å²) >= 11 is 8.62. The summed E-state index contributed by atoms with van der Waals surface area (Å²) in [5.41, 5.74) is 0.317. The van der Waals surface area contributed by atoms with E-state index in [4.69, 9.17) is 5.11 Å². The zero-order chi connectivity index (χ0) is 16.8. The lowest BCUT2D eigenvalue weighted by Crippen LogP contribution is -2.31. The first-order valence-electron chi connectivity index (χ1n) is 7.63. The molecule has 0 aromatic heterocycles. The molecule has 0 aliphatic heterocycles. The van der Waals surface area contributed by atoms with Gasteiger partial charge in [-0.25, -0.2) is 4.79 Å². The number of carbonyl (C=O) groups excluding carboxylic acids is 1. The fourth-order valence-electron chi connectivity index (χ4n) is 1.75. The van der Waals surface area contributed by atoms with Gasteiger partial charge in [0, 0.05) is 36.9 Å². The Labute approximate surface area is 144 Å². The second kappa shape index (κ2) is 14.0. The zero-order valence-corrected chi connectivity index (χ0v) is 15.0. The Morgan fingerprint density at radius 2 is 1.95 bits per heavy atom. The van der Waals surface area contributed by atoms with Crippen LogP contribution in [-0.2, 0) is 9.59 Å². The van der Waals surface area contributed by atoms with E-state index in [1.165, 1.54) is 0 Å². The van der Waals surface area contributed by atoms with Crippen LogP contribution >= 0.6 is 25.3 Å². The molecule has 0 saturated carbocycles. The molecule has 0 aliphatic carbocycles. The molecule has 128 valence electrons. The summed E-state index contributed by atoms with van der Waals surface area (Å²) in [4.78, 5) is 22.1. The first-order chi connectivity index (χ1) is 10.5. The standard InChI is InChI=1S/C15H28N2O3S2/c1-12(15(19)20)6-8-16-9-10-17-14(18)5-3-2-4-13(22)7-11-21/h6,13,16,21-22H,2-5,7-11H2,1H3,(H,17,18)(H,19,20)/b12-6+. The van der Waals surface area contributed by atoms with E-state index in [2.05, 4.69) is 35.9 Å². The van der Waals surface area contributed by atoms with Gasteiger partial charge in [0.2, 0.25) is 5.91 Å². The average Bonchev–Trinajstić information content (AvgIpc) is 2.47. The van der Waals surface area contributed by atoms with Gasteiger partial charge in [-0.2, -0.15) is 25.3 Å². The predicted octanol–water partition coefficient (Wildman–Crippen LogP) is 1.90. The van der Waals surface area contributed by atoms with Gasteiger partial charge in [0.15, 0.2) is 0 Å². The van der Waals surface area contributed by atoms with Crippen LogP contribution in [0.4, 0.5) is 0 Å². The normalized spacial score (nSPS) is 13.0. The summed E-state index contributed by atoms with van der Waals surface area (Å²) in [7, 11) is 0. The second-order valence-corrected chi connectivity index (χ2v) is 6.34. The third-order valence-corrected chi connectivity index (χ3v) is 3.94. The van der Waals surface area contributed by atoms with Gasteiger partial charge in [0.05, 0.1) is 0 Å². The Kier molecular flexibility index (Phi) is 13.5. The minimum atomic E-state index is -0.909. The SMILES string of the molecule is C/C(=C\CNCCNC(=O)CCCCC(S)CCS)C(=O)O. The van der Waals surface area contributed by atoms with Gasteiger partial charge in [-0.1, -0.05) is 12.5 Å². The summed E-state index contributed by atoms with van der Waals surface area (Å²) in [5.74, 6) is -0.0000696. The monoisotopic (exact) mass is 348 g/mol. The maximum atomic E-state index is 11.6. The van der Waals surface area contributed by atoms with Crippen molar-refractivity contribution in [3.05, 3.63) is 11.6 Å². The van der Waals surface area contributed by atoms with Gasteiger partial charge in [-0.15, -0.1) is 0 Å². The molecule has 0 rings (SSSR count). The quantitative estimate of drug-likeness (QED) is 0.200. The lowest BCUT2D eigenvalue weighted by Gasteiger charge is -2.09. The summed E-state index contributed by atoms with van der Waals surface area (Å²) in [5, 5.41) is 14.9. The van der Waals surface area contributed by atoms with Crippen LogP contribution in [0, 0.1) is 0 Å². The van der Waals surface area contributed by atoms with Crippen molar-refractivity contribution < 1.29 is 14.7 Å². The first kappa shape index (κ1) is 21.3. The molecule has 7 heteroatoms. The molecule has 1 amide bonds. The molecule has 0 saturated heterocycles. The highest BCUT2D eigenvalue weighted by atomic mass is 32.1. The molecule has 0 heterocycles. The number of carboxylic acids is 1. The highest BCUT2D eigenvalue weighted by molar-refractivity contribution is 7.81. The Balaban J connectivity index is 3.47. The maximum absolute atomic E-state index is 11.6. The van der Waals surface area contributed by atoms with E-state index >= 15 is 0 Å². The van der Waals surface area contributed by atoms with Gasteiger partial charge >= 0.3 is 5.97 Å². The topological polar surface area (TPSA) is 78.4 Å². The van der Waals surface area contributed by atoms with Crippen LogP contribution in [0.2, 0.25) is 0 Å². The Morgan fingerprint density at radius 3 is 2.59 bits per heavy atom. The molecule has 0 aliphatic rings. The van der Waals surface area contributed by atoms with Crippen LogP contribution in [0.25, 0.3) is 0 Å². The number of amides is 1. The fourth-order valence-corrected chi connectivity index (χ4v) is 2.58. The van der Waals surface area contributed by atoms with Gasteiger partial charge in [0.25, 0.3) is 0 Å². The molecule has 5 nitrogen and oxygen atoms in total. The van der Waals surface area contributed by atoms with E-state index in [0.717, 1.165) is 31.4 Å². The number of thiol groups is 2. The number of unbranched alkanes of at least 4 members (excludes halogenated alkanes) is 1. The van der Waals surface area contributed by atoms with Gasteiger partial charge < -0.3 is 15.7 Å². The van der Waals surface area contributed by atoms with Crippen LogP contribution in [-0.4, -0.2) is 47.6 Å². The van der Waals surface area contributed by atoms with E-state index in [0.29, 0.717) is 36.9 Å². The van der Waals surface area contributed by atoms with Crippen molar-refractivity contribution in [1.82, 2.24) is 10.6 Å². The number of carbonyl (C=O) groups is 2. The molecule has 0 bridgehead atoms. The van der Waals surface area contributed by atoms with Crippen molar-refractivity contribution >= 4 is 37.1 Å². The molecule has 0 spiro atoms. The third-order valence-electron chi connectivity index (χ3n) is 3.17. The molecule has 0 aromatic rings.